The van der Waals surface area contributed by atoms with Gasteiger partial charge in [0.05, 0.1) is 0 Å². The maximum Gasteiger partial charge on any atom is 0.253 e. The van der Waals surface area contributed by atoms with Gasteiger partial charge >= 0.3 is 0 Å². The third-order valence-corrected chi connectivity index (χ3v) is 4.54. The lowest BCUT2D eigenvalue weighted by atomic mass is 9.97. The van der Waals surface area contributed by atoms with Crippen LogP contribution in [-0.2, 0) is 0 Å². The van der Waals surface area contributed by atoms with E-state index in [-0.39, 0.29) is 12.5 Å². The van der Waals surface area contributed by atoms with Crippen molar-refractivity contribution in [3.8, 4) is 11.5 Å². The van der Waals surface area contributed by atoms with E-state index in [1.54, 1.807) is 36.4 Å². The summed E-state index contributed by atoms with van der Waals surface area (Å²) in [5, 5.41) is 9.85. The molecule has 0 unspecified atom stereocenters. The van der Waals surface area contributed by atoms with Gasteiger partial charge in [-0.3, -0.25) is 4.79 Å². The van der Waals surface area contributed by atoms with Crippen molar-refractivity contribution in [1.82, 2.24) is 4.90 Å². The summed E-state index contributed by atoms with van der Waals surface area (Å²) in [5.41, 5.74) is 0.615. The van der Waals surface area contributed by atoms with Crippen LogP contribution >= 0.6 is 11.6 Å². The van der Waals surface area contributed by atoms with Crippen molar-refractivity contribution in [2.45, 2.75) is 12.8 Å². The number of carbonyl (C=O) groups is 1. The predicted molar refractivity (Wildman–Crippen MR) is 93.7 cm³/mol. The van der Waals surface area contributed by atoms with Crippen LogP contribution < -0.4 is 4.74 Å². The Bertz CT molecular complexity index is 694. The van der Waals surface area contributed by atoms with Crippen LogP contribution in [0.1, 0.15) is 23.2 Å². The molecule has 3 rings (SSSR count). The molecule has 0 atom stereocenters. The number of carbonyl (C=O) groups excluding carboxylic acids is 1. The first kappa shape index (κ1) is 16.8. The van der Waals surface area contributed by atoms with Gasteiger partial charge in [0.25, 0.3) is 5.91 Å². The van der Waals surface area contributed by atoms with Crippen LogP contribution in [0.25, 0.3) is 0 Å². The molecule has 0 radical (unpaired) electrons. The summed E-state index contributed by atoms with van der Waals surface area (Å²) in [7, 11) is 0. The summed E-state index contributed by atoms with van der Waals surface area (Å²) in [5.74, 6) is 1.61. The van der Waals surface area contributed by atoms with E-state index in [0.29, 0.717) is 41.1 Å². The Morgan fingerprint density at radius 1 is 1.12 bits per heavy atom. The molecule has 2 aromatic rings. The molecule has 1 N–H and O–H groups in total. The molecule has 1 saturated heterocycles. The van der Waals surface area contributed by atoms with Gasteiger partial charge in [0.1, 0.15) is 11.5 Å². The number of benzene rings is 2. The second-order valence-electron chi connectivity index (χ2n) is 6.00. The van der Waals surface area contributed by atoms with E-state index in [1.807, 2.05) is 17.0 Å². The van der Waals surface area contributed by atoms with Crippen molar-refractivity contribution in [1.29, 1.82) is 0 Å². The molecule has 0 spiro atoms. The van der Waals surface area contributed by atoms with Crippen LogP contribution in [0.2, 0.25) is 5.02 Å². The van der Waals surface area contributed by atoms with Gasteiger partial charge in [-0.2, -0.15) is 0 Å². The average Bonchev–Trinajstić information content (AvgIpc) is 2.63. The molecule has 2 aromatic carbocycles. The summed E-state index contributed by atoms with van der Waals surface area (Å²) in [6, 6.07) is 14.3. The average molecular weight is 346 g/mol. The number of rotatable bonds is 4. The molecule has 0 aromatic heterocycles. The third kappa shape index (κ3) is 4.08. The van der Waals surface area contributed by atoms with Gasteiger partial charge in [0, 0.05) is 30.3 Å². The maximum absolute atomic E-state index is 12.6. The molecule has 126 valence electrons. The van der Waals surface area contributed by atoms with E-state index < -0.39 is 0 Å². The number of aliphatic hydroxyl groups excluding tert-OH is 1. The Kier molecular flexibility index (Phi) is 5.38. The molecule has 1 aliphatic heterocycles. The van der Waals surface area contributed by atoms with Crippen LogP contribution in [0, 0.1) is 5.92 Å². The zero-order valence-electron chi connectivity index (χ0n) is 13.3. The Morgan fingerprint density at radius 3 is 2.50 bits per heavy atom. The highest BCUT2D eigenvalue weighted by molar-refractivity contribution is 6.30. The maximum atomic E-state index is 12.6. The van der Waals surface area contributed by atoms with Crippen molar-refractivity contribution in [2.75, 3.05) is 19.7 Å². The molecular formula is C19H20ClNO3. The normalized spacial score (nSPS) is 15.3. The number of nitrogens with zero attached hydrogens (tertiary/aromatic N) is 1. The largest absolute Gasteiger partial charge is 0.457 e. The zero-order valence-corrected chi connectivity index (χ0v) is 14.1. The molecule has 0 saturated carbocycles. The molecule has 5 heteroatoms. The van der Waals surface area contributed by atoms with Crippen molar-refractivity contribution in [2.24, 2.45) is 5.92 Å². The van der Waals surface area contributed by atoms with Gasteiger partial charge in [-0.1, -0.05) is 17.7 Å². The summed E-state index contributed by atoms with van der Waals surface area (Å²) in [4.78, 5) is 14.5. The minimum Gasteiger partial charge on any atom is -0.457 e. The Hall–Kier alpha value is -2.04. The molecule has 24 heavy (non-hydrogen) atoms. The first-order chi connectivity index (χ1) is 11.7. The van der Waals surface area contributed by atoms with E-state index in [9.17, 15) is 9.90 Å². The van der Waals surface area contributed by atoms with Crippen LogP contribution in [-0.4, -0.2) is 35.6 Å². The first-order valence-corrected chi connectivity index (χ1v) is 8.47. The van der Waals surface area contributed by atoms with E-state index in [0.717, 1.165) is 12.8 Å². The lowest BCUT2D eigenvalue weighted by Gasteiger charge is -2.31. The van der Waals surface area contributed by atoms with Crippen LogP contribution in [0.3, 0.4) is 0 Å². The number of hydrogen-bond donors (Lipinski definition) is 1. The van der Waals surface area contributed by atoms with Crippen LogP contribution in [0.4, 0.5) is 0 Å². The van der Waals surface area contributed by atoms with Crippen molar-refractivity contribution in [3.63, 3.8) is 0 Å². The van der Waals surface area contributed by atoms with Crippen LogP contribution in [0.5, 0.6) is 11.5 Å². The van der Waals surface area contributed by atoms with Crippen molar-refractivity contribution < 1.29 is 14.6 Å². The molecular weight excluding hydrogens is 326 g/mol. The fraction of sp³-hybridized carbons (Fsp3) is 0.316. The van der Waals surface area contributed by atoms with Crippen molar-refractivity contribution in [3.05, 3.63) is 59.1 Å². The molecule has 0 bridgehead atoms. The number of aliphatic hydroxyl groups is 1. The topological polar surface area (TPSA) is 49.8 Å². The van der Waals surface area contributed by atoms with Crippen LogP contribution in [0.15, 0.2) is 48.5 Å². The van der Waals surface area contributed by atoms with Gasteiger partial charge in [0.15, 0.2) is 0 Å². The second kappa shape index (κ2) is 7.69. The number of halogens is 1. The molecule has 1 amide bonds. The van der Waals surface area contributed by atoms with Gasteiger partial charge in [-0.25, -0.2) is 0 Å². The lowest BCUT2D eigenvalue weighted by Crippen LogP contribution is -2.39. The number of ether oxygens (including phenoxy) is 1. The minimum atomic E-state index is 0.00736. The predicted octanol–water partition coefficient (Wildman–Crippen LogP) is 3.98. The molecule has 0 aliphatic carbocycles. The third-order valence-electron chi connectivity index (χ3n) is 4.29. The molecule has 4 nitrogen and oxygen atoms in total. The molecule has 1 heterocycles. The van der Waals surface area contributed by atoms with E-state index in [1.165, 1.54) is 0 Å². The second-order valence-corrected chi connectivity index (χ2v) is 6.44. The van der Waals surface area contributed by atoms with E-state index in [2.05, 4.69) is 0 Å². The Morgan fingerprint density at radius 2 is 1.83 bits per heavy atom. The first-order valence-electron chi connectivity index (χ1n) is 8.09. The van der Waals surface area contributed by atoms with Gasteiger partial charge in [-0.15, -0.1) is 0 Å². The number of piperidine rings is 1. The quantitative estimate of drug-likeness (QED) is 0.912. The van der Waals surface area contributed by atoms with Gasteiger partial charge in [0.2, 0.25) is 0 Å². The number of amides is 1. The van der Waals surface area contributed by atoms with Gasteiger partial charge < -0.3 is 14.7 Å². The summed E-state index contributed by atoms with van der Waals surface area (Å²) < 4.78 is 5.78. The lowest BCUT2D eigenvalue weighted by molar-refractivity contribution is 0.0650. The summed E-state index contributed by atoms with van der Waals surface area (Å²) >= 11 is 5.87. The highest BCUT2D eigenvalue weighted by Crippen LogP contribution is 2.25. The molecule has 1 aliphatic rings. The van der Waals surface area contributed by atoms with E-state index >= 15 is 0 Å². The SMILES string of the molecule is O=C(c1cccc(Oc2ccc(Cl)cc2)c1)N1CCC(CO)CC1. The Balaban J connectivity index is 1.68. The minimum absolute atomic E-state index is 0.00736. The summed E-state index contributed by atoms with van der Waals surface area (Å²) in [6.45, 7) is 1.57. The smallest absolute Gasteiger partial charge is 0.253 e. The fourth-order valence-corrected chi connectivity index (χ4v) is 2.96. The number of hydrogen-bond acceptors (Lipinski definition) is 3. The highest BCUT2D eigenvalue weighted by atomic mass is 35.5. The number of likely N-dealkylation sites (tertiary alicyclic amines) is 1. The Labute approximate surface area is 146 Å². The monoisotopic (exact) mass is 345 g/mol. The van der Waals surface area contributed by atoms with E-state index in [4.69, 9.17) is 16.3 Å². The van der Waals surface area contributed by atoms with Gasteiger partial charge in [-0.05, 0) is 61.2 Å². The fourth-order valence-electron chi connectivity index (χ4n) is 2.83. The summed E-state index contributed by atoms with van der Waals surface area (Å²) in [6.07, 6.45) is 1.70. The standard InChI is InChI=1S/C19H20ClNO3/c20-16-4-6-17(7-5-16)24-18-3-1-2-15(12-18)19(23)21-10-8-14(13-22)9-11-21/h1-7,12,14,22H,8-11,13H2. The van der Waals surface area contributed by atoms with Crippen molar-refractivity contribution >= 4 is 17.5 Å². The zero-order chi connectivity index (χ0) is 16.9. The molecule has 1 fully saturated rings. The highest BCUT2D eigenvalue weighted by Gasteiger charge is 2.23.